The van der Waals surface area contributed by atoms with E-state index >= 15 is 0 Å². The quantitative estimate of drug-likeness (QED) is 0.143. The van der Waals surface area contributed by atoms with Crippen LogP contribution >= 0.6 is 23.1 Å². The first-order valence-corrected chi connectivity index (χ1v) is 15.5. The van der Waals surface area contributed by atoms with Gasteiger partial charge in [0.2, 0.25) is 5.91 Å². The lowest BCUT2D eigenvalue weighted by molar-refractivity contribution is -0.113. The molecule has 8 nitrogen and oxygen atoms in total. The summed E-state index contributed by atoms with van der Waals surface area (Å²) in [4.78, 5) is 25.8. The van der Waals surface area contributed by atoms with Gasteiger partial charge >= 0.3 is 5.97 Å². The van der Waals surface area contributed by atoms with Crippen molar-refractivity contribution in [2.24, 2.45) is 0 Å². The van der Waals surface area contributed by atoms with Crippen molar-refractivity contribution in [1.29, 1.82) is 0 Å². The Bertz CT molecular complexity index is 1470. The van der Waals surface area contributed by atoms with E-state index in [0.717, 1.165) is 16.9 Å². The summed E-state index contributed by atoms with van der Waals surface area (Å²) < 4.78 is 13.4. The molecule has 4 aromatic rings. The topological polar surface area (TPSA) is 95.3 Å². The zero-order chi connectivity index (χ0) is 29.6. The molecule has 0 fully saturated rings. The van der Waals surface area contributed by atoms with Crippen LogP contribution in [0.1, 0.15) is 69.4 Å². The van der Waals surface area contributed by atoms with Crippen LogP contribution in [0.15, 0.2) is 65.1 Å². The Morgan fingerprint density at radius 1 is 1.05 bits per heavy atom. The minimum Gasteiger partial charge on any atom is -0.483 e. The summed E-state index contributed by atoms with van der Waals surface area (Å²) in [5.74, 6) is 0.826. The minimum absolute atomic E-state index is 0.0685. The molecule has 0 aliphatic heterocycles. The second-order valence-electron chi connectivity index (χ2n) is 10.4. The second kappa shape index (κ2) is 13.4. The fourth-order valence-electron chi connectivity index (χ4n) is 4.27. The molecule has 1 atom stereocenters. The van der Waals surface area contributed by atoms with Gasteiger partial charge in [0, 0.05) is 17.5 Å². The second-order valence-corrected chi connectivity index (χ2v) is 12.2. The number of thiophene rings is 1. The van der Waals surface area contributed by atoms with E-state index in [1.165, 1.54) is 28.7 Å². The van der Waals surface area contributed by atoms with Crippen LogP contribution in [-0.2, 0) is 21.5 Å². The first-order chi connectivity index (χ1) is 19.6. The van der Waals surface area contributed by atoms with E-state index in [9.17, 15) is 9.59 Å². The number of hydrogen-bond acceptors (Lipinski definition) is 8. The van der Waals surface area contributed by atoms with Crippen LogP contribution in [0.3, 0.4) is 0 Å². The molecular weight excluding hydrogens is 556 g/mol. The maximum atomic E-state index is 13.0. The van der Waals surface area contributed by atoms with Crippen molar-refractivity contribution >= 4 is 40.0 Å². The summed E-state index contributed by atoms with van der Waals surface area (Å²) in [5, 5.41) is 14.6. The number of rotatable bonds is 11. The average molecular weight is 593 g/mol. The lowest BCUT2D eigenvalue weighted by Gasteiger charge is -2.20. The van der Waals surface area contributed by atoms with Crippen molar-refractivity contribution < 1.29 is 19.1 Å². The first-order valence-electron chi connectivity index (χ1n) is 13.6. The van der Waals surface area contributed by atoms with Crippen LogP contribution in [-0.4, -0.2) is 39.0 Å². The van der Waals surface area contributed by atoms with Gasteiger partial charge in [0.25, 0.3) is 0 Å². The van der Waals surface area contributed by atoms with E-state index in [4.69, 9.17) is 9.47 Å². The molecule has 1 amide bonds. The number of carbonyl (C=O) groups is 2. The van der Waals surface area contributed by atoms with Crippen molar-refractivity contribution in [3.63, 3.8) is 0 Å². The largest absolute Gasteiger partial charge is 0.483 e. The minimum atomic E-state index is -0.465. The highest BCUT2D eigenvalue weighted by Crippen LogP contribution is 2.36. The van der Waals surface area contributed by atoms with Crippen LogP contribution in [0.5, 0.6) is 5.75 Å². The summed E-state index contributed by atoms with van der Waals surface area (Å²) in [5.41, 5.74) is 3.28. The van der Waals surface area contributed by atoms with Gasteiger partial charge in [-0.2, -0.15) is 0 Å². The Morgan fingerprint density at radius 3 is 2.39 bits per heavy atom. The molecule has 0 bridgehead atoms. The number of amides is 1. The van der Waals surface area contributed by atoms with Crippen molar-refractivity contribution in [2.45, 2.75) is 64.8 Å². The lowest BCUT2D eigenvalue weighted by atomic mass is 9.87. The van der Waals surface area contributed by atoms with E-state index in [-0.39, 0.29) is 29.8 Å². The molecule has 216 valence electrons. The molecule has 4 rings (SSSR count). The van der Waals surface area contributed by atoms with Crippen molar-refractivity contribution in [2.75, 3.05) is 17.7 Å². The Hall–Kier alpha value is -3.63. The van der Waals surface area contributed by atoms with Gasteiger partial charge < -0.3 is 19.4 Å². The number of nitrogens with one attached hydrogen (secondary N) is 1. The predicted octanol–water partition coefficient (Wildman–Crippen LogP) is 7.37. The fourth-order valence-corrected chi connectivity index (χ4v) is 6.06. The Kier molecular flexibility index (Phi) is 9.88. The smallest absolute Gasteiger partial charge is 0.341 e. The van der Waals surface area contributed by atoms with Gasteiger partial charge in [0.15, 0.2) is 17.1 Å². The third-order valence-corrected chi connectivity index (χ3v) is 8.26. The maximum absolute atomic E-state index is 13.0. The van der Waals surface area contributed by atoms with Crippen LogP contribution in [0, 0.1) is 0 Å². The highest BCUT2D eigenvalue weighted by Gasteiger charge is 2.24. The van der Waals surface area contributed by atoms with Crippen LogP contribution < -0.4 is 10.1 Å². The molecule has 1 unspecified atom stereocenters. The summed E-state index contributed by atoms with van der Waals surface area (Å²) >= 11 is 2.59. The normalized spacial score (nSPS) is 12.1. The van der Waals surface area contributed by atoms with Gasteiger partial charge in [0.1, 0.15) is 16.3 Å². The third kappa shape index (κ3) is 7.37. The summed E-state index contributed by atoms with van der Waals surface area (Å²) in [6, 6.07) is 17.7. The van der Waals surface area contributed by atoms with E-state index in [2.05, 4.69) is 48.4 Å². The predicted molar refractivity (Wildman–Crippen MR) is 165 cm³/mol. The zero-order valence-electron chi connectivity index (χ0n) is 24.3. The Balaban J connectivity index is 1.43. The lowest BCUT2D eigenvalue weighted by Crippen LogP contribution is -2.17. The van der Waals surface area contributed by atoms with Gasteiger partial charge in [-0.15, -0.1) is 21.5 Å². The standard InChI is InChI=1S/C31H36N4O4S2/c1-7-35-27(20(3)39-23-16-14-22(15-17-23)31(4,5)6)33-34-30(35)41-19-25(36)32-28-26(29(37)38-8-2)24(18-40-28)21-12-10-9-11-13-21/h9-18,20H,7-8,19H2,1-6H3,(H,32,36). The highest BCUT2D eigenvalue weighted by atomic mass is 32.2. The van der Waals surface area contributed by atoms with Crippen molar-refractivity contribution in [3.8, 4) is 16.9 Å². The molecule has 41 heavy (non-hydrogen) atoms. The van der Waals surface area contributed by atoms with Gasteiger partial charge in [-0.25, -0.2) is 4.79 Å². The Morgan fingerprint density at radius 2 is 1.76 bits per heavy atom. The van der Waals surface area contributed by atoms with E-state index in [0.29, 0.717) is 28.1 Å². The molecule has 0 radical (unpaired) electrons. The molecule has 1 N–H and O–H groups in total. The molecule has 0 aliphatic carbocycles. The summed E-state index contributed by atoms with van der Waals surface area (Å²) in [6.07, 6.45) is -0.333. The molecule has 0 aliphatic rings. The van der Waals surface area contributed by atoms with E-state index in [1.54, 1.807) is 6.92 Å². The average Bonchev–Trinajstić information content (AvgIpc) is 3.56. The molecule has 0 saturated carbocycles. The molecule has 10 heteroatoms. The van der Waals surface area contributed by atoms with Crippen molar-refractivity contribution in [3.05, 3.63) is 76.9 Å². The molecule has 2 aromatic heterocycles. The molecule has 0 spiro atoms. The number of benzene rings is 2. The van der Waals surface area contributed by atoms with E-state index in [1.807, 2.05) is 66.3 Å². The number of anilines is 1. The third-order valence-electron chi connectivity index (χ3n) is 6.40. The number of thioether (sulfide) groups is 1. The van der Waals surface area contributed by atoms with Gasteiger partial charge in [-0.1, -0.05) is 75.0 Å². The van der Waals surface area contributed by atoms with Crippen LogP contribution in [0.2, 0.25) is 0 Å². The number of ether oxygens (including phenoxy) is 2. The van der Waals surface area contributed by atoms with Gasteiger partial charge in [-0.05, 0) is 49.4 Å². The molecule has 0 saturated heterocycles. The zero-order valence-corrected chi connectivity index (χ0v) is 25.9. The first kappa shape index (κ1) is 30.3. The van der Waals surface area contributed by atoms with Crippen LogP contribution in [0.4, 0.5) is 5.00 Å². The number of aromatic nitrogens is 3. The number of carbonyl (C=O) groups excluding carboxylic acids is 2. The van der Waals surface area contributed by atoms with Gasteiger partial charge in [-0.3, -0.25) is 4.79 Å². The number of nitrogens with zero attached hydrogens (tertiary/aromatic N) is 3. The van der Waals surface area contributed by atoms with E-state index < -0.39 is 5.97 Å². The molecule has 2 heterocycles. The fraction of sp³-hybridized carbons (Fsp3) is 0.355. The van der Waals surface area contributed by atoms with Crippen LogP contribution in [0.25, 0.3) is 11.1 Å². The highest BCUT2D eigenvalue weighted by molar-refractivity contribution is 7.99. The number of hydrogen-bond donors (Lipinski definition) is 1. The molecule has 2 aromatic carbocycles. The maximum Gasteiger partial charge on any atom is 0.341 e. The summed E-state index contributed by atoms with van der Waals surface area (Å²) in [7, 11) is 0. The number of esters is 1. The SMILES string of the molecule is CCOC(=O)c1c(-c2ccccc2)csc1NC(=O)CSc1nnc(C(C)Oc2ccc(C(C)(C)C)cc2)n1CC. The summed E-state index contributed by atoms with van der Waals surface area (Å²) in [6.45, 7) is 13.1. The Labute approximate surface area is 249 Å². The molecular formula is C31H36N4O4S2. The van der Waals surface area contributed by atoms with Crippen molar-refractivity contribution in [1.82, 2.24) is 14.8 Å². The van der Waals surface area contributed by atoms with Gasteiger partial charge in [0.05, 0.1) is 12.4 Å². The monoisotopic (exact) mass is 592 g/mol.